The summed E-state index contributed by atoms with van der Waals surface area (Å²) in [5, 5.41) is 2.35. The zero-order valence-electron chi connectivity index (χ0n) is 16.4. The molecule has 0 radical (unpaired) electrons. The van der Waals surface area contributed by atoms with E-state index in [1.165, 1.54) is 39.0 Å². The smallest absolute Gasteiger partial charge is 0.213 e. The Morgan fingerprint density at radius 1 is 0.643 bits per heavy atom. The Morgan fingerprint density at radius 3 is 2.25 bits per heavy atom. The molecule has 2 heteroatoms. The van der Waals surface area contributed by atoms with Gasteiger partial charge in [-0.3, -0.25) is 0 Å². The quantitative estimate of drug-likeness (QED) is 0.333. The molecule has 3 aromatic carbocycles. The van der Waals surface area contributed by atoms with Crippen LogP contribution in [0.2, 0.25) is 0 Å². The first-order valence-electron chi connectivity index (χ1n) is 9.61. The Morgan fingerprint density at radius 2 is 1.39 bits per heavy atom. The van der Waals surface area contributed by atoms with Crippen molar-refractivity contribution in [2.75, 3.05) is 0 Å². The van der Waals surface area contributed by atoms with Gasteiger partial charge in [0.1, 0.15) is 18.2 Å². The van der Waals surface area contributed by atoms with Crippen LogP contribution in [-0.4, -0.2) is 0 Å². The third-order valence-corrected chi connectivity index (χ3v) is 5.66. The molecule has 0 aliphatic carbocycles. The van der Waals surface area contributed by atoms with Crippen molar-refractivity contribution in [3.8, 4) is 22.5 Å². The van der Waals surface area contributed by atoms with E-state index in [9.17, 15) is 0 Å². The number of hydrogen-bond acceptors (Lipinski definition) is 1. The van der Waals surface area contributed by atoms with Gasteiger partial charge in [0.25, 0.3) is 0 Å². The molecule has 2 aromatic heterocycles. The first kappa shape index (κ1) is 16.8. The summed E-state index contributed by atoms with van der Waals surface area (Å²) in [6, 6.07) is 27.6. The Bertz CT molecular complexity index is 1340. The fourth-order valence-electron chi connectivity index (χ4n) is 4.22. The molecule has 0 spiro atoms. The Kier molecular flexibility index (Phi) is 3.80. The standard InChI is InChI=1S/C26H22NO/c1-17-9-4-5-10-19(17)21-12-8-13-22(27(21)3)25-18(2)15-16-24-26(25)20-11-6-7-14-23(20)28-24/h4-16H,1-3H3/q+1. The second kappa shape index (κ2) is 6.35. The first-order chi connectivity index (χ1) is 13.6. The van der Waals surface area contributed by atoms with Gasteiger partial charge in [-0.15, -0.1) is 0 Å². The van der Waals surface area contributed by atoms with Gasteiger partial charge in [0.05, 0.1) is 5.56 Å². The number of aryl methyl sites for hydroxylation is 2. The van der Waals surface area contributed by atoms with Crippen molar-refractivity contribution in [2.45, 2.75) is 13.8 Å². The zero-order chi connectivity index (χ0) is 19.3. The van der Waals surface area contributed by atoms with Crippen LogP contribution in [0.25, 0.3) is 44.5 Å². The average Bonchev–Trinajstić information content (AvgIpc) is 3.08. The summed E-state index contributed by atoms with van der Waals surface area (Å²) < 4.78 is 8.43. The van der Waals surface area contributed by atoms with Gasteiger partial charge in [0.15, 0.2) is 0 Å². The maximum Gasteiger partial charge on any atom is 0.213 e. The van der Waals surface area contributed by atoms with Crippen LogP contribution in [-0.2, 0) is 7.05 Å². The highest BCUT2D eigenvalue weighted by Gasteiger charge is 2.23. The van der Waals surface area contributed by atoms with Gasteiger partial charge in [-0.1, -0.05) is 42.5 Å². The zero-order valence-corrected chi connectivity index (χ0v) is 16.4. The van der Waals surface area contributed by atoms with Gasteiger partial charge >= 0.3 is 0 Å². The summed E-state index contributed by atoms with van der Waals surface area (Å²) in [5.41, 5.74) is 9.28. The third kappa shape index (κ3) is 2.45. The van der Waals surface area contributed by atoms with Gasteiger partial charge < -0.3 is 4.42 Å². The molecule has 0 saturated carbocycles. The first-order valence-corrected chi connectivity index (χ1v) is 9.61. The minimum absolute atomic E-state index is 0.932. The second-order valence-corrected chi connectivity index (χ2v) is 7.40. The largest absolute Gasteiger partial charge is 0.456 e. The molecule has 5 aromatic rings. The number of aromatic nitrogens is 1. The maximum absolute atomic E-state index is 6.13. The number of hydrogen-bond donors (Lipinski definition) is 0. The van der Waals surface area contributed by atoms with Crippen LogP contribution in [0.5, 0.6) is 0 Å². The van der Waals surface area contributed by atoms with Crippen molar-refractivity contribution < 1.29 is 8.98 Å². The van der Waals surface area contributed by atoms with E-state index in [2.05, 4.69) is 92.2 Å². The fraction of sp³-hybridized carbons (Fsp3) is 0.115. The van der Waals surface area contributed by atoms with Crippen LogP contribution < -0.4 is 4.57 Å². The molecule has 136 valence electrons. The summed E-state index contributed by atoms with van der Waals surface area (Å²) in [4.78, 5) is 0. The molecule has 0 unspecified atom stereocenters. The number of nitrogens with zero attached hydrogens (tertiary/aromatic N) is 1. The van der Waals surface area contributed by atoms with E-state index < -0.39 is 0 Å². The highest BCUT2D eigenvalue weighted by Crippen LogP contribution is 2.38. The molecule has 0 atom stereocenters. The maximum atomic E-state index is 6.13. The van der Waals surface area contributed by atoms with E-state index in [0.29, 0.717) is 0 Å². The predicted octanol–water partition coefficient (Wildman–Crippen LogP) is 6.36. The Labute approximate surface area is 164 Å². The summed E-state index contributed by atoms with van der Waals surface area (Å²) in [6.45, 7) is 4.34. The van der Waals surface area contributed by atoms with E-state index >= 15 is 0 Å². The van der Waals surface area contributed by atoms with E-state index in [4.69, 9.17) is 4.42 Å². The molecule has 5 rings (SSSR count). The second-order valence-electron chi connectivity index (χ2n) is 7.40. The van der Waals surface area contributed by atoms with E-state index in [0.717, 1.165) is 16.6 Å². The lowest BCUT2D eigenvalue weighted by Gasteiger charge is -2.10. The van der Waals surface area contributed by atoms with E-state index in [-0.39, 0.29) is 0 Å². The van der Waals surface area contributed by atoms with E-state index in [1.807, 2.05) is 12.1 Å². The minimum atomic E-state index is 0.932. The van der Waals surface area contributed by atoms with Gasteiger partial charge in [0, 0.05) is 28.5 Å². The van der Waals surface area contributed by atoms with Crippen molar-refractivity contribution in [1.29, 1.82) is 0 Å². The minimum Gasteiger partial charge on any atom is -0.456 e. The van der Waals surface area contributed by atoms with Crippen LogP contribution in [0.4, 0.5) is 0 Å². The molecule has 2 nitrogen and oxygen atoms in total. The van der Waals surface area contributed by atoms with E-state index in [1.54, 1.807) is 0 Å². The number of rotatable bonds is 2. The predicted molar refractivity (Wildman–Crippen MR) is 115 cm³/mol. The lowest BCUT2D eigenvalue weighted by atomic mass is 9.97. The van der Waals surface area contributed by atoms with Crippen molar-refractivity contribution in [3.63, 3.8) is 0 Å². The summed E-state index contributed by atoms with van der Waals surface area (Å²) in [5.74, 6) is 0. The Balaban J connectivity index is 1.86. The highest BCUT2D eigenvalue weighted by molar-refractivity contribution is 6.12. The molecule has 0 bridgehead atoms. The number of pyridine rings is 1. The molecule has 0 aliphatic rings. The highest BCUT2D eigenvalue weighted by atomic mass is 16.3. The number of para-hydroxylation sites is 1. The molecule has 2 heterocycles. The van der Waals surface area contributed by atoms with Crippen molar-refractivity contribution in [2.24, 2.45) is 7.05 Å². The molecule has 28 heavy (non-hydrogen) atoms. The number of benzene rings is 3. The van der Waals surface area contributed by atoms with Crippen molar-refractivity contribution in [1.82, 2.24) is 0 Å². The number of fused-ring (bicyclic) bond motifs is 3. The van der Waals surface area contributed by atoms with Crippen LogP contribution in [0.3, 0.4) is 0 Å². The van der Waals surface area contributed by atoms with Crippen LogP contribution in [0.15, 0.2) is 83.3 Å². The summed E-state index contributed by atoms with van der Waals surface area (Å²) in [7, 11) is 2.15. The summed E-state index contributed by atoms with van der Waals surface area (Å²) in [6.07, 6.45) is 0. The SMILES string of the molecule is Cc1ccccc1-c1cccc(-c2c(C)ccc3oc4ccccc4c23)[n+]1C. The van der Waals surface area contributed by atoms with Crippen LogP contribution >= 0.6 is 0 Å². The van der Waals surface area contributed by atoms with Crippen LogP contribution in [0.1, 0.15) is 11.1 Å². The topological polar surface area (TPSA) is 17.0 Å². The van der Waals surface area contributed by atoms with Gasteiger partial charge in [-0.2, -0.15) is 4.57 Å². The Hall–Kier alpha value is -3.39. The average molecular weight is 364 g/mol. The molecular weight excluding hydrogens is 342 g/mol. The monoisotopic (exact) mass is 364 g/mol. The summed E-state index contributed by atoms with van der Waals surface area (Å²) >= 11 is 0. The fourth-order valence-corrected chi connectivity index (χ4v) is 4.22. The lowest BCUT2D eigenvalue weighted by molar-refractivity contribution is -0.649. The third-order valence-electron chi connectivity index (χ3n) is 5.66. The molecule has 0 saturated heterocycles. The van der Waals surface area contributed by atoms with Crippen LogP contribution in [0, 0.1) is 13.8 Å². The lowest BCUT2D eigenvalue weighted by Crippen LogP contribution is -2.34. The number of furan rings is 1. The molecule has 0 fully saturated rings. The molecule has 0 amide bonds. The molecule has 0 aliphatic heterocycles. The molecular formula is C26H22NO+. The van der Waals surface area contributed by atoms with Crippen molar-refractivity contribution in [3.05, 3.63) is 90.0 Å². The normalized spacial score (nSPS) is 11.4. The molecule has 0 N–H and O–H groups in total. The van der Waals surface area contributed by atoms with Gasteiger partial charge in [0.2, 0.25) is 11.4 Å². The van der Waals surface area contributed by atoms with Gasteiger partial charge in [-0.05, 0) is 49.2 Å². The van der Waals surface area contributed by atoms with Crippen molar-refractivity contribution >= 4 is 21.9 Å². The van der Waals surface area contributed by atoms with Gasteiger partial charge in [-0.25, -0.2) is 0 Å².